The van der Waals surface area contributed by atoms with Gasteiger partial charge >= 0.3 is 5.97 Å². The van der Waals surface area contributed by atoms with Gasteiger partial charge in [0.25, 0.3) is 0 Å². The van der Waals surface area contributed by atoms with Crippen LogP contribution in [0.25, 0.3) is 4.96 Å². The summed E-state index contributed by atoms with van der Waals surface area (Å²) in [6.45, 7) is 4.00. The van der Waals surface area contributed by atoms with Crippen molar-refractivity contribution < 1.29 is 14.6 Å². The minimum atomic E-state index is -0.942. The lowest BCUT2D eigenvalue weighted by atomic mass is 10.1. The van der Waals surface area contributed by atoms with Crippen LogP contribution < -0.4 is 4.90 Å². The molecule has 1 saturated heterocycles. The van der Waals surface area contributed by atoms with Crippen molar-refractivity contribution in [1.29, 1.82) is 0 Å². The fraction of sp³-hybridized carbons (Fsp3) is 0.500. The largest absolute Gasteiger partial charge is 0.476 e. The Morgan fingerprint density at radius 2 is 2.53 bits per heavy atom. The van der Waals surface area contributed by atoms with Crippen LogP contribution in [0.4, 0.5) is 5.82 Å². The van der Waals surface area contributed by atoms with Gasteiger partial charge in [-0.3, -0.25) is 4.40 Å². The molecule has 0 spiro atoms. The SMILES string of the molecule is CCC1COCCN1c1nc2sccn2c1C(=O)O. The van der Waals surface area contributed by atoms with Crippen molar-refractivity contribution in [3.05, 3.63) is 17.3 Å². The van der Waals surface area contributed by atoms with Gasteiger partial charge in [0.2, 0.25) is 0 Å². The maximum atomic E-state index is 11.5. The fourth-order valence-corrected chi connectivity index (χ4v) is 3.15. The molecule has 3 rings (SSSR count). The van der Waals surface area contributed by atoms with E-state index in [0.717, 1.165) is 6.42 Å². The Bertz CT molecular complexity index is 606. The summed E-state index contributed by atoms with van der Waals surface area (Å²) < 4.78 is 7.10. The van der Waals surface area contributed by atoms with Gasteiger partial charge in [0, 0.05) is 18.1 Å². The molecule has 0 aliphatic carbocycles. The minimum Gasteiger partial charge on any atom is -0.476 e. The molecule has 0 aromatic carbocycles. The van der Waals surface area contributed by atoms with Gasteiger partial charge in [-0.15, -0.1) is 11.3 Å². The van der Waals surface area contributed by atoms with Gasteiger partial charge in [0.1, 0.15) is 0 Å². The lowest BCUT2D eigenvalue weighted by Crippen LogP contribution is -2.46. The lowest BCUT2D eigenvalue weighted by molar-refractivity contribution is 0.0686. The smallest absolute Gasteiger partial charge is 0.356 e. The molecule has 19 heavy (non-hydrogen) atoms. The Morgan fingerprint density at radius 1 is 1.68 bits per heavy atom. The van der Waals surface area contributed by atoms with Crippen molar-refractivity contribution in [1.82, 2.24) is 9.38 Å². The fourth-order valence-electron chi connectivity index (χ4n) is 2.45. The van der Waals surface area contributed by atoms with Gasteiger partial charge in [-0.2, -0.15) is 0 Å². The zero-order valence-electron chi connectivity index (χ0n) is 10.6. The van der Waals surface area contributed by atoms with Crippen LogP contribution in [0.1, 0.15) is 23.8 Å². The van der Waals surface area contributed by atoms with Gasteiger partial charge < -0.3 is 14.7 Å². The first-order valence-electron chi connectivity index (χ1n) is 6.25. The second-order valence-electron chi connectivity index (χ2n) is 4.48. The average molecular weight is 281 g/mol. The number of ether oxygens (including phenoxy) is 1. The molecular weight excluding hydrogens is 266 g/mol. The number of thiazole rings is 1. The van der Waals surface area contributed by atoms with E-state index >= 15 is 0 Å². The highest BCUT2D eigenvalue weighted by Crippen LogP contribution is 2.28. The summed E-state index contributed by atoms with van der Waals surface area (Å²) in [7, 11) is 0. The number of morpholine rings is 1. The lowest BCUT2D eigenvalue weighted by Gasteiger charge is -2.35. The first-order valence-corrected chi connectivity index (χ1v) is 7.13. The molecule has 3 heterocycles. The molecule has 0 bridgehead atoms. The van der Waals surface area contributed by atoms with E-state index in [2.05, 4.69) is 16.8 Å². The third-order valence-corrected chi connectivity index (χ3v) is 4.17. The first-order chi connectivity index (χ1) is 9.22. The minimum absolute atomic E-state index is 0.191. The summed E-state index contributed by atoms with van der Waals surface area (Å²) in [6, 6.07) is 0.191. The van der Waals surface area contributed by atoms with Crippen molar-refractivity contribution in [3.63, 3.8) is 0 Å². The molecule has 2 aromatic rings. The van der Waals surface area contributed by atoms with E-state index in [9.17, 15) is 9.90 Å². The van der Waals surface area contributed by atoms with Gasteiger partial charge in [-0.05, 0) is 6.42 Å². The second kappa shape index (κ2) is 4.82. The number of carboxylic acids is 1. The third-order valence-electron chi connectivity index (χ3n) is 3.42. The van der Waals surface area contributed by atoms with Crippen LogP contribution in [0.15, 0.2) is 11.6 Å². The van der Waals surface area contributed by atoms with E-state index in [4.69, 9.17) is 4.74 Å². The van der Waals surface area contributed by atoms with Gasteiger partial charge in [-0.25, -0.2) is 9.78 Å². The highest BCUT2D eigenvalue weighted by molar-refractivity contribution is 7.15. The molecule has 0 saturated carbocycles. The average Bonchev–Trinajstić information content (AvgIpc) is 2.97. The van der Waals surface area contributed by atoms with Gasteiger partial charge in [0.15, 0.2) is 16.5 Å². The summed E-state index contributed by atoms with van der Waals surface area (Å²) in [5, 5.41) is 11.3. The van der Waals surface area contributed by atoms with Crippen LogP contribution >= 0.6 is 11.3 Å². The van der Waals surface area contributed by atoms with Crippen molar-refractivity contribution in [2.24, 2.45) is 0 Å². The summed E-state index contributed by atoms with van der Waals surface area (Å²) in [5.74, 6) is -0.378. The zero-order chi connectivity index (χ0) is 13.4. The molecule has 7 heteroatoms. The molecule has 102 valence electrons. The van der Waals surface area contributed by atoms with Crippen LogP contribution in [-0.2, 0) is 4.74 Å². The molecule has 1 aliphatic heterocycles. The molecule has 2 aromatic heterocycles. The van der Waals surface area contributed by atoms with Crippen molar-refractivity contribution in [2.75, 3.05) is 24.7 Å². The van der Waals surface area contributed by atoms with E-state index in [1.54, 1.807) is 10.6 Å². The van der Waals surface area contributed by atoms with Crippen LogP contribution in [0.2, 0.25) is 0 Å². The van der Waals surface area contributed by atoms with Crippen molar-refractivity contribution in [2.45, 2.75) is 19.4 Å². The van der Waals surface area contributed by atoms with Crippen LogP contribution in [0.3, 0.4) is 0 Å². The maximum Gasteiger partial charge on any atom is 0.356 e. The Kier molecular flexibility index (Phi) is 3.16. The highest BCUT2D eigenvalue weighted by Gasteiger charge is 2.29. The predicted molar refractivity (Wildman–Crippen MR) is 72.3 cm³/mol. The number of aromatic carboxylic acids is 1. The second-order valence-corrected chi connectivity index (χ2v) is 5.35. The van der Waals surface area contributed by atoms with Crippen LogP contribution in [0, 0.1) is 0 Å². The normalized spacial score (nSPS) is 20.1. The number of hydrogen-bond donors (Lipinski definition) is 1. The van der Waals surface area contributed by atoms with Gasteiger partial charge in [-0.1, -0.05) is 6.92 Å². The number of fused-ring (bicyclic) bond motifs is 1. The highest BCUT2D eigenvalue weighted by atomic mass is 32.1. The van der Waals surface area contributed by atoms with Gasteiger partial charge in [0.05, 0.1) is 19.3 Å². The van der Waals surface area contributed by atoms with E-state index in [1.807, 2.05) is 5.38 Å². The number of carboxylic acid groups (broad SMARTS) is 1. The Balaban J connectivity index is 2.10. The number of rotatable bonds is 3. The maximum absolute atomic E-state index is 11.5. The van der Waals surface area contributed by atoms with E-state index in [0.29, 0.717) is 30.5 Å². The van der Waals surface area contributed by atoms with E-state index in [1.165, 1.54) is 11.3 Å². The Labute approximate surface area is 114 Å². The topological polar surface area (TPSA) is 67.1 Å². The third kappa shape index (κ3) is 1.98. The first kappa shape index (κ1) is 12.4. The number of carbonyl (C=O) groups is 1. The van der Waals surface area contributed by atoms with Crippen molar-refractivity contribution in [3.8, 4) is 0 Å². The van der Waals surface area contributed by atoms with E-state index in [-0.39, 0.29) is 11.7 Å². The number of aromatic nitrogens is 2. The molecule has 1 atom stereocenters. The Morgan fingerprint density at radius 3 is 3.26 bits per heavy atom. The number of nitrogens with zero attached hydrogens (tertiary/aromatic N) is 3. The number of hydrogen-bond acceptors (Lipinski definition) is 5. The summed E-state index contributed by atoms with van der Waals surface area (Å²) in [5.41, 5.74) is 0.247. The summed E-state index contributed by atoms with van der Waals surface area (Å²) in [4.78, 5) is 18.8. The number of imidazole rings is 1. The van der Waals surface area contributed by atoms with Crippen molar-refractivity contribution >= 4 is 28.1 Å². The summed E-state index contributed by atoms with van der Waals surface area (Å²) >= 11 is 1.44. The number of anilines is 1. The Hall–Kier alpha value is -1.60. The standard InChI is InChI=1S/C12H15N3O3S/c1-2-8-7-18-5-3-14(8)10-9(11(16)17)15-4-6-19-12(15)13-10/h4,6,8H,2-3,5,7H2,1H3,(H,16,17). The van der Waals surface area contributed by atoms with E-state index < -0.39 is 5.97 Å². The molecule has 0 radical (unpaired) electrons. The summed E-state index contributed by atoms with van der Waals surface area (Å²) in [6.07, 6.45) is 2.66. The zero-order valence-corrected chi connectivity index (χ0v) is 11.4. The quantitative estimate of drug-likeness (QED) is 0.927. The monoisotopic (exact) mass is 281 g/mol. The molecular formula is C12H15N3O3S. The van der Waals surface area contributed by atoms with Crippen LogP contribution in [-0.4, -0.2) is 46.3 Å². The van der Waals surface area contributed by atoms with Crippen LogP contribution in [0.5, 0.6) is 0 Å². The molecule has 1 aliphatic rings. The predicted octanol–water partition coefficient (Wildman–Crippen LogP) is 1.71. The molecule has 1 N–H and O–H groups in total. The molecule has 1 unspecified atom stereocenters. The molecule has 1 fully saturated rings. The molecule has 0 amide bonds. The molecule has 6 nitrogen and oxygen atoms in total.